The molecule has 0 unspecified atom stereocenters. The average Bonchev–Trinajstić information content (AvgIpc) is 3.44. The van der Waals surface area contributed by atoms with Crippen LogP contribution in [0, 0.1) is 0 Å². The molecule has 3 aromatic carbocycles. The second-order valence-corrected chi connectivity index (χ2v) is 13.4. The van der Waals surface area contributed by atoms with Gasteiger partial charge in [-0.15, -0.1) is 0 Å². The summed E-state index contributed by atoms with van der Waals surface area (Å²) in [5.74, 6) is -6.64. The van der Waals surface area contributed by atoms with Crippen LogP contribution in [0.25, 0.3) is 0 Å². The number of carbonyl (C=O) groups is 5. The fourth-order valence-corrected chi connectivity index (χ4v) is 7.03. The third-order valence-corrected chi connectivity index (χ3v) is 9.24. The summed E-state index contributed by atoms with van der Waals surface area (Å²) in [6.45, 7) is 3.39. The molecule has 0 saturated carbocycles. The SMILES string of the molecule is CC(=O)OC[C@H]1O[C@@](COC(c2ccccc2)(c2ccccc2)c2ccccc2)(O[C@H]2O[C@H](CO)[C@@H](O)[C@H](OC(C)=O)[C@H]2OC(C)=O)[C@@H](OC(C)=O)[C@@H]1OC(C)=O. The average molecular weight is 795 g/mol. The van der Waals surface area contributed by atoms with Crippen LogP contribution < -0.4 is 0 Å². The summed E-state index contributed by atoms with van der Waals surface area (Å²) in [6.07, 6.45) is -13.1. The van der Waals surface area contributed by atoms with Crippen molar-refractivity contribution in [2.75, 3.05) is 19.8 Å². The first-order valence-electron chi connectivity index (χ1n) is 18.1. The number of carbonyl (C=O) groups excluding carboxylic acids is 5. The van der Waals surface area contributed by atoms with Gasteiger partial charge in [0.25, 0.3) is 0 Å². The Morgan fingerprint density at radius 1 is 0.632 bits per heavy atom. The van der Waals surface area contributed by atoms with E-state index in [1.54, 1.807) is 0 Å². The molecule has 0 radical (unpaired) electrons. The third kappa shape index (κ3) is 9.84. The molecule has 16 nitrogen and oxygen atoms in total. The summed E-state index contributed by atoms with van der Waals surface area (Å²) < 4.78 is 54.1. The largest absolute Gasteiger partial charge is 0.463 e. The van der Waals surface area contributed by atoms with E-state index in [1.165, 1.54) is 0 Å². The molecule has 2 aliphatic rings. The van der Waals surface area contributed by atoms with E-state index in [0.717, 1.165) is 34.6 Å². The van der Waals surface area contributed by atoms with Gasteiger partial charge in [0, 0.05) is 34.6 Å². The summed E-state index contributed by atoms with van der Waals surface area (Å²) in [5, 5.41) is 21.4. The van der Waals surface area contributed by atoms with Crippen LogP contribution in [-0.4, -0.2) is 115 Å². The lowest BCUT2D eigenvalue weighted by molar-refractivity contribution is -0.388. The first-order chi connectivity index (χ1) is 27.2. The van der Waals surface area contributed by atoms with E-state index in [2.05, 4.69) is 0 Å². The number of aliphatic hydroxyl groups excluding tert-OH is 2. The Labute approximate surface area is 328 Å². The molecular weight excluding hydrogens is 748 g/mol. The molecule has 0 spiro atoms. The van der Waals surface area contributed by atoms with Gasteiger partial charge >= 0.3 is 29.8 Å². The van der Waals surface area contributed by atoms with Crippen molar-refractivity contribution in [3.63, 3.8) is 0 Å². The highest BCUT2D eigenvalue weighted by molar-refractivity contribution is 5.68. The molecule has 9 atom stereocenters. The quantitative estimate of drug-likeness (QED) is 0.129. The van der Waals surface area contributed by atoms with Crippen molar-refractivity contribution in [1.29, 1.82) is 0 Å². The Kier molecular flexibility index (Phi) is 14.2. The van der Waals surface area contributed by atoms with Gasteiger partial charge in [-0.05, 0) is 16.7 Å². The molecule has 306 valence electrons. The molecule has 2 saturated heterocycles. The zero-order valence-corrected chi connectivity index (χ0v) is 32.0. The first kappa shape index (κ1) is 42.9. The van der Waals surface area contributed by atoms with E-state index in [-0.39, 0.29) is 0 Å². The molecule has 0 bridgehead atoms. The Morgan fingerprint density at radius 2 is 1.09 bits per heavy atom. The summed E-state index contributed by atoms with van der Waals surface area (Å²) in [4.78, 5) is 62.5. The topological polar surface area (TPSA) is 209 Å². The maximum atomic E-state index is 12.9. The number of hydrogen-bond acceptors (Lipinski definition) is 16. The molecule has 2 aliphatic heterocycles. The standard InChI is InChI=1S/C41H46O16/c1-24(43)49-22-33-35(51-25(2)44)38(54-28(5)47)40(56-33,57-39-37(53-27(4)46)36(52-26(3)45)34(48)32(21-42)55-39)23-50-41(29-15-9-6-10-16-29,30-17-11-7-12-18-30)31-19-13-8-14-20-31/h6-20,32-39,42,48H,21-23H2,1-5H3/t32-,33-,34-,35-,36+,37-,38+,39-,40+/m1/s1. The van der Waals surface area contributed by atoms with Gasteiger partial charge in [-0.3, -0.25) is 24.0 Å². The van der Waals surface area contributed by atoms with Crippen molar-refractivity contribution in [1.82, 2.24) is 0 Å². The van der Waals surface area contributed by atoms with Crippen LogP contribution in [0.15, 0.2) is 91.0 Å². The number of aliphatic hydroxyl groups is 2. The van der Waals surface area contributed by atoms with E-state index in [0.29, 0.717) is 16.7 Å². The zero-order valence-electron chi connectivity index (χ0n) is 32.0. The van der Waals surface area contributed by atoms with Gasteiger partial charge in [-0.1, -0.05) is 91.0 Å². The van der Waals surface area contributed by atoms with E-state index in [1.807, 2.05) is 91.0 Å². The summed E-state index contributed by atoms with van der Waals surface area (Å²) >= 11 is 0. The van der Waals surface area contributed by atoms with Gasteiger partial charge in [-0.25, -0.2) is 0 Å². The van der Waals surface area contributed by atoms with Gasteiger partial charge < -0.3 is 52.8 Å². The van der Waals surface area contributed by atoms with Crippen molar-refractivity contribution < 1.29 is 76.8 Å². The predicted molar refractivity (Wildman–Crippen MR) is 194 cm³/mol. The molecule has 2 fully saturated rings. The second kappa shape index (κ2) is 18.8. The van der Waals surface area contributed by atoms with E-state index >= 15 is 0 Å². The van der Waals surface area contributed by atoms with Crippen molar-refractivity contribution in [3.05, 3.63) is 108 Å². The molecule has 0 aliphatic carbocycles. The molecule has 0 amide bonds. The smallest absolute Gasteiger partial charge is 0.303 e. The van der Waals surface area contributed by atoms with Crippen molar-refractivity contribution in [3.8, 4) is 0 Å². The Morgan fingerprint density at radius 3 is 1.53 bits per heavy atom. The molecule has 16 heteroatoms. The third-order valence-electron chi connectivity index (χ3n) is 9.24. The molecule has 3 aromatic rings. The lowest BCUT2D eigenvalue weighted by atomic mass is 9.80. The fraction of sp³-hybridized carbons (Fsp3) is 0.439. The first-order valence-corrected chi connectivity index (χ1v) is 18.1. The summed E-state index contributed by atoms with van der Waals surface area (Å²) in [7, 11) is 0. The highest BCUT2D eigenvalue weighted by atomic mass is 16.8. The van der Waals surface area contributed by atoms with Crippen LogP contribution in [0.5, 0.6) is 0 Å². The van der Waals surface area contributed by atoms with Crippen molar-refractivity contribution in [2.45, 2.75) is 95.0 Å². The molecule has 2 heterocycles. The highest BCUT2D eigenvalue weighted by Crippen LogP contribution is 2.46. The monoisotopic (exact) mass is 794 g/mol. The number of hydrogen-bond donors (Lipinski definition) is 2. The maximum Gasteiger partial charge on any atom is 0.303 e. The molecule has 57 heavy (non-hydrogen) atoms. The second-order valence-electron chi connectivity index (χ2n) is 13.4. The Bertz CT molecular complexity index is 1740. The Hall–Kier alpha value is -5.23. The molecule has 5 rings (SSSR count). The molecule has 2 N–H and O–H groups in total. The van der Waals surface area contributed by atoms with E-state index in [4.69, 9.17) is 42.6 Å². The minimum absolute atomic E-state index is 0.537. The Balaban J connectivity index is 1.75. The summed E-state index contributed by atoms with van der Waals surface area (Å²) in [6, 6.07) is 27.5. The lowest BCUT2D eigenvalue weighted by Crippen LogP contribution is -2.65. The van der Waals surface area contributed by atoms with Gasteiger partial charge in [0.1, 0.15) is 37.1 Å². The number of rotatable bonds is 15. The van der Waals surface area contributed by atoms with Crippen molar-refractivity contribution >= 4 is 29.8 Å². The predicted octanol–water partition coefficient (Wildman–Crippen LogP) is 2.47. The zero-order chi connectivity index (χ0) is 41.3. The number of esters is 5. The number of ether oxygens (including phenoxy) is 9. The fourth-order valence-electron chi connectivity index (χ4n) is 7.03. The minimum atomic E-state index is -2.42. The van der Waals surface area contributed by atoms with Crippen LogP contribution in [0.3, 0.4) is 0 Å². The van der Waals surface area contributed by atoms with Gasteiger partial charge in [0.05, 0.1) is 6.61 Å². The van der Waals surface area contributed by atoms with E-state index < -0.39 is 110 Å². The van der Waals surface area contributed by atoms with Gasteiger partial charge in [0.15, 0.2) is 24.4 Å². The lowest BCUT2D eigenvalue weighted by Gasteiger charge is -2.46. The molecular formula is C41H46O16. The summed E-state index contributed by atoms with van der Waals surface area (Å²) in [5.41, 5.74) is 0.440. The maximum absolute atomic E-state index is 12.9. The van der Waals surface area contributed by atoms with Crippen LogP contribution in [0.4, 0.5) is 0 Å². The normalized spacial score (nSPS) is 27.1. The van der Waals surface area contributed by atoms with Crippen LogP contribution in [0.2, 0.25) is 0 Å². The van der Waals surface area contributed by atoms with E-state index in [9.17, 15) is 34.2 Å². The highest BCUT2D eigenvalue weighted by Gasteiger charge is 2.64. The minimum Gasteiger partial charge on any atom is -0.463 e. The van der Waals surface area contributed by atoms with Crippen LogP contribution >= 0.6 is 0 Å². The van der Waals surface area contributed by atoms with Crippen molar-refractivity contribution in [2.24, 2.45) is 0 Å². The number of benzene rings is 3. The molecule has 0 aromatic heterocycles. The van der Waals surface area contributed by atoms with Gasteiger partial charge in [0.2, 0.25) is 12.1 Å². The van der Waals surface area contributed by atoms with Gasteiger partial charge in [-0.2, -0.15) is 0 Å². The van der Waals surface area contributed by atoms with Crippen LogP contribution in [0.1, 0.15) is 51.3 Å². The van der Waals surface area contributed by atoms with Crippen LogP contribution in [-0.2, 0) is 72.2 Å².